The Labute approximate surface area is 173 Å². The van der Waals surface area contributed by atoms with E-state index in [0.717, 1.165) is 53.0 Å². The number of amides is 1. The number of hydrogen-bond donors (Lipinski definition) is 1. The van der Waals surface area contributed by atoms with Crippen molar-refractivity contribution in [2.75, 3.05) is 0 Å². The first-order chi connectivity index (χ1) is 14.0. The zero-order chi connectivity index (χ0) is 20.2. The molecule has 4 aliphatic rings. The number of carbonyl (C=O) groups is 1. The van der Waals surface area contributed by atoms with Gasteiger partial charge in [0.15, 0.2) is 0 Å². The van der Waals surface area contributed by atoms with Gasteiger partial charge in [0.25, 0.3) is 5.91 Å². The minimum absolute atomic E-state index is 0.0366. The van der Waals surface area contributed by atoms with Crippen molar-refractivity contribution in [1.29, 1.82) is 0 Å². The van der Waals surface area contributed by atoms with Crippen LogP contribution in [0, 0.1) is 23.2 Å². The summed E-state index contributed by atoms with van der Waals surface area (Å²) in [5, 5.41) is 3.38. The van der Waals surface area contributed by atoms with E-state index in [0.29, 0.717) is 11.0 Å². The van der Waals surface area contributed by atoms with Crippen molar-refractivity contribution >= 4 is 16.9 Å². The van der Waals surface area contributed by atoms with E-state index < -0.39 is 0 Å². The largest absolute Gasteiger partial charge is 0.349 e. The summed E-state index contributed by atoms with van der Waals surface area (Å²) in [6.45, 7) is 6.47. The number of aryl methyl sites for hydroxylation is 2. The molecule has 1 N–H and O–H groups in total. The number of nitrogens with zero attached hydrogens (tertiary/aromatic N) is 2. The molecule has 0 saturated heterocycles. The first kappa shape index (κ1) is 19.0. The van der Waals surface area contributed by atoms with E-state index >= 15 is 0 Å². The van der Waals surface area contributed by atoms with Gasteiger partial charge in [0.05, 0.1) is 22.4 Å². The summed E-state index contributed by atoms with van der Waals surface area (Å²) in [5.41, 5.74) is 4.84. The highest BCUT2D eigenvalue weighted by atomic mass is 16.1. The molecule has 1 aromatic heterocycles. The highest BCUT2D eigenvalue weighted by Gasteiger charge is 2.53. The van der Waals surface area contributed by atoms with Crippen LogP contribution in [-0.4, -0.2) is 21.9 Å². The second kappa shape index (κ2) is 7.07. The average Bonchev–Trinajstić information content (AvgIpc) is 2.71. The predicted molar refractivity (Wildman–Crippen MR) is 116 cm³/mol. The number of aromatic nitrogens is 2. The lowest BCUT2D eigenvalue weighted by Crippen LogP contribution is -2.55. The predicted octanol–water partition coefficient (Wildman–Crippen LogP) is 5.09. The van der Waals surface area contributed by atoms with E-state index in [2.05, 4.69) is 26.1 Å². The minimum Gasteiger partial charge on any atom is -0.349 e. The van der Waals surface area contributed by atoms with Crippen LogP contribution in [-0.2, 0) is 12.8 Å². The molecule has 1 heterocycles. The van der Waals surface area contributed by atoms with Crippen molar-refractivity contribution in [2.24, 2.45) is 23.2 Å². The van der Waals surface area contributed by atoms with E-state index in [4.69, 9.17) is 9.97 Å². The zero-order valence-electron chi connectivity index (χ0n) is 18.0. The minimum atomic E-state index is 0.0366. The third kappa shape index (κ3) is 3.25. The van der Waals surface area contributed by atoms with Gasteiger partial charge in [-0.15, -0.1) is 0 Å². The Hall–Kier alpha value is -1.97. The molecular formula is C25H33N3O. The number of hydrogen-bond acceptors (Lipinski definition) is 3. The quantitative estimate of drug-likeness (QED) is 0.772. The Morgan fingerprint density at radius 1 is 1.00 bits per heavy atom. The molecule has 154 valence electrons. The average molecular weight is 392 g/mol. The topological polar surface area (TPSA) is 54.9 Å². The van der Waals surface area contributed by atoms with Crippen molar-refractivity contribution in [3.05, 3.63) is 35.2 Å². The summed E-state index contributed by atoms with van der Waals surface area (Å²) in [7, 11) is 0. The van der Waals surface area contributed by atoms with Gasteiger partial charge in [-0.2, -0.15) is 0 Å². The summed E-state index contributed by atoms with van der Waals surface area (Å²) in [6, 6.07) is 6.01. The molecule has 4 bridgehead atoms. The van der Waals surface area contributed by atoms with E-state index in [9.17, 15) is 4.79 Å². The number of benzene rings is 1. The Bertz CT molecular complexity index is 915. The number of nitrogens with one attached hydrogen (secondary N) is 1. The lowest BCUT2D eigenvalue weighted by atomic mass is 9.48. The molecule has 4 aliphatic carbocycles. The summed E-state index contributed by atoms with van der Waals surface area (Å²) < 4.78 is 0. The molecule has 1 amide bonds. The van der Waals surface area contributed by atoms with Crippen LogP contribution in [0.2, 0.25) is 0 Å². The second-order valence-electron chi connectivity index (χ2n) is 10.0. The van der Waals surface area contributed by atoms with Crippen LogP contribution in [0.1, 0.15) is 81.0 Å². The van der Waals surface area contributed by atoms with Gasteiger partial charge in [-0.25, -0.2) is 9.97 Å². The van der Waals surface area contributed by atoms with Crippen LogP contribution in [0.25, 0.3) is 11.0 Å². The molecule has 0 radical (unpaired) electrons. The van der Waals surface area contributed by atoms with E-state index in [1.807, 2.05) is 18.2 Å². The Morgan fingerprint density at radius 2 is 1.55 bits per heavy atom. The van der Waals surface area contributed by atoms with Crippen LogP contribution >= 0.6 is 0 Å². The Kier molecular flexibility index (Phi) is 4.64. The van der Waals surface area contributed by atoms with Crippen molar-refractivity contribution in [3.8, 4) is 0 Å². The first-order valence-electron chi connectivity index (χ1n) is 11.6. The van der Waals surface area contributed by atoms with Crippen LogP contribution in [0.3, 0.4) is 0 Å². The molecule has 4 heteroatoms. The van der Waals surface area contributed by atoms with Crippen LogP contribution in [0.4, 0.5) is 0 Å². The first-order valence-corrected chi connectivity index (χ1v) is 11.6. The van der Waals surface area contributed by atoms with Gasteiger partial charge < -0.3 is 5.32 Å². The van der Waals surface area contributed by atoms with Gasteiger partial charge in [0.1, 0.15) is 0 Å². The summed E-state index contributed by atoms with van der Waals surface area (Å²) in [5.74, 6) is 2.74. The number of carbonyl (C=O) groups excluding carboxylic acids is 1. The van der Waals surface area contributed by atoms with Gasteiger partial charge in [0, 0.05) is 11.6 Å². The van der Waals surface area contributed by atoms with Gasteiger partial charge in [0.2, 0.25) is 0 Å². The van der Waals surface area contributed by atoms with Crippen molar-refractivity contribution < 1.29 is 4.79 Å². The van der Waals surface area contributed by atoms with Crippen molar-refractivity contribution in [1.82, 2.24) is 15.3 Å². The SMILES string of the molecule is CCc1nc2ccc(C(=O)N[C@H](C)C34CC5CC(CC(C5)C3)C4)cc2nc1CC. The van der Waals surface area contributed by atoms with Gasteiger partial charge in [-0.05, 0) is 99.7 Å². The number of fused-ring (bicyclic) bond motifs is 1. The summed E-state index contributed by atoms with van der Waals surface area (Å²) in [4.78, 5) is 22.7. The highest BCUT2D eigenvalue weighted by Crippen LogP contribution is 2.61. The molecule has 4 saturated carbocycles. The fourth-order valence-corrected chi connectivity index (χ4v) is 6.98. The molecular weight excluding hydrogens is 358 g/mol. The number of rotatable bonds is 5. The molecule has 6 rings (SSSR count). The maximum absolute atomic E-state index is 13.1. The second-order valence-corrected chi connectivity index (χ2v) is 10.0. The molecule has 29 heavy (non-hydrogen) atoms. The molecule has 4 fully saturated rings. The van der Waals surface area contributed by atoms with E-state index in [1.165, 1.54) is 38.5 Å². The lowest BCUT2D eigenvalue weighted by Gasteiger charge is -2.59. The van der Waals surface area contributed by atoms with Crippen LogP contribution in [0.5, 0.6) is 0 Å². The lowest BCUT2D eigenvalue weighted by molar-refractivity contribution is -0.0688. The monoisotopic (exact) mass is 391 g/mol. The molecule has 0 aliphatic heterocycles. The molecule has 2 aromatic rings. The fourth-order valence-electron chi connectivity index (χ4n) is 6.98. The standard InChI is InChI=1S/C25H33N3O/c1-4-20-21(5-2)28-23-11-19(6-7-22(23)27-20)24(29)26-15(3)25-12-16-8-17(13-25)10-18(9-16)14-25/h6-7,11,15-18H,4-5,8-10,12-14H2,1-3H3,(H,26,29)/t15-,16?,17?,18?,25?/m1/s1. The zero-order valence-corrected chi connectivity index (χ0v) is 18.0. The van der Waals surface area contributed by atoms with Gasteiger partial charge in [-0.1, -0.05) is 13.8 Å². The Morgan fingerprint density at radius 3 is 2.10 bits per heavy atom. The van der Waals surface area contributed by atoms with E-state index in [-0.39, 0.29) is 11.9 Å². The van der Waals surface area contributed by atoms with Crippen LogP contribution < -0.4 is 5.32 Å². The summed E-state index contributed by atoms with van der Waals surface area (Å²) in [6.07, 6.45) is 9.98. The molecule has 0 spiro atoms. The summed E-state index contributed by atoms with van der Waals surface area (Å²) >= 11 is 0. The maximum Gasteiger partial charge on any atom is 0.251 e. The third-order valence-corrected chi connectivity index (χ3v) is 8.10. The Balaban J connectivity index is 1.37. The maximum atomic E-state index is 13.1. The third-order valence-electron chi connectivity index (χ3n) is 8.10. The van der Waals surface area contributed by atoms with Crippen molar-refractivity contribution in [2.45, 2.75) is 78.2 Å². The van der Waals surface area contributed by atoms with Crippen molar-refractivity contribution in [3.63, 3.8) is 0 Å². The fraction of sp³-hybridized carbons (Fsp3) is 0.640. The smallest absolute Gasteiger partial charge is 0.251 e. The van der Waals surface area contributed by atoms with Gasteiger partial charge in [-0.3, -0.25) is 4.79 Å². The molecule has 0 unspecified atom stereocenters. The normalized spacial score (nSPS) is 31.2. The molecule has 1 aromatic carbocycles. The highest BCUT2D eigenvalue weighted by molar-refractivity contribution is 5.97. The molecule has 4 nitrogen and oxygen atoms in total. The van der Waals surface area contributed by atoms with Gasteiger partial charge >= 0.3 is 0 Å². The van der Waals surface area contributed by atoms with E-state index in [1.54, 1.807) is 0 Å². The molecule has 1 atom stereocenters. The van der Waals surface area contributed by atoms with Crippen LogP contribution in [0.15, 0.2) is 18.2 Å².